The summed E-state index contributed by atoms with van der Waals surface area (Å²) in [7, 11) is 1.53. The number of amides is 5. The van der Waals surface area contributed by atoms with Gasteiger partial charge in [-0.05, 0) is 36.2 Å². The molecule has 1 aliphatic heterocycles. The van der Waals surface area contributed by atoms with Crippen molar-refractivity contribution < 1.29 is 19.2 Å². The Kier molecular flexibility index (Phi) is 6.15. The third-order valence-corrected chi connectivity index (χ3v) is 5.03. The average Bonchev–Trinajstić information content (AvgIpc) is 2.99. The van der Waals surface area contributed by atoms with Gasteiger partial charge in [-0.25, -0.2) is 4.79 Å². The van der Waals surface area contributed by atoms with Crippen molar-refractivity contribution in [3.8, 4) is 0 Å². The van der Waals surface area contributed by atoms with Crippen molar-refractivity contribution in [3.63, 3.8) is 0 Å². The zero-order valence-corrected chi connectivity index (χ0v) is 16.9. The molecule has 5 amide bonds. The molecule has 3 N–H and O–H groups in total. The van der Waals surface area contributed by atoms with Gasteiger partial charge in [0.2, 0.25) is 5.91 Å². The normalized spacial score (nSPS) is 18.1. The van der Waals surface area contributed by atoms with Crippen LogP contribution in [0.15, 0.2) is 54.6 Å². The first kappa shape index (κ1) is 21.0. The van der Waals surface area contributed by atoms with Gasteiger partial charge in [0.25, 0.3) is 11.8 Å². The van der Waals surface area contributed by atoms with Crippen LogP contribution in [0.2, 0.25) is 0 Å². The molecule has 0 radical (unpaired) electrons. The van der Waals surface area contributed by atoms with Crippen molar-refractivity contribution in [3.05, 3.63) is 65.7 Å². The molecule has 0 spiro atoms. The fraction of sp³-hybridized carbons (Fsp3) is 0.273. The van der Waals surface area contributed by atoms with Crippen LogP contribution in [-0.2, 0) is 15.1 Å². The number of urea groups is 1. The molecule has 8 nitrogen and oxygen atoms in total. The third-order valence-electron chi connectivity index (χ3n) is 5.03. The quantitative estimate of drug-likeness (QED) is 0.611. The van der Waals surface area contributed by atoms with E-state index in [2.05, 4.69) is 16.0 Å². The summed E-state index contributed by atoms with van der Waals surface area (Å²) in [5, 5.41) is 7.96. The molecule has 2 aromatic carbocycles. The van der Waals surface area contributed by atoms with Crippen LogP contribution in [-0.4, -0.2) is 42.2 Å². The molecule has 0 aliphatic carbocycles. The smallest absolute Gasteiger partial charge is 0.325 e. The van der Waals surface area contributed by atoms with Crippen molar-refractivity contribution in [2.75, 3.05) is 18.9 Å². The maximum atomic E-state index is 13.2. The number of imide groups is 1. The van der Waals surface area contributed by atoms with Crippen molar-refractivity contribution in [2.24, 2.45) is 0 Å². The van der Waals surface area contributed by atoms with Crippen LogP contribution in [0.1, 0.15) is 35.7 Å². The first-order valence-electron chi connectivity index (χ1n) is 9.73. The number of hydrogen-bond donors (Lipinski definition) is 3. The Labute approximate surface area is 174 Å². The molecule has 0 saturated carbocycles. The van der Waals surface area contributed by atoms with E-state index in [-0.39, 0.29) is 5.91 Å². The van der Waals surface area contributed by atoms with Gasteiger partial charge in [-0.2, -0.15) is 0 Å². The van der Waals surface area contributed by atoms with Gasteiger partial charge in [0.15, 0.2) is 0 Å². The predicted molar refractivity (Wildman–Crippen MR) is 112 cm³/mol. The Morgan fingerprint density at radius 2 is 1.70 bits per heavy atom. The second kappa shape index (κ2) is 8.77. The average molecular weight is 408 g/mol. The summed E-state index contributed by atoms with van der Waals surface area (Å²) in [5.74, 6) is -1.18. The zero-order chi connectivity index (χ0) is 21.7. The molecule has 1 atom stereocenters. The van der Waals surface area contributed by atoms with E-state index in [1.165, 1.54) is 7.05 Å². The summed E-state index contributed by atoms with van der Waals surface area (Å²) in [4.78, 5) is 50.8. The standard InChI is InChI=1S/C22H24N4O4/c1-3-13-22(16-7-5-4-6-8-16)20(29)26(21(30)25-22)14-18(27)24-17-11-9-15(10-12-17)19(28)23-2/h4-12H,3,13-14H2,1-2H3,(H,23,28)(H,24,27)(H,25,30)/t22-/m0/s1. The van der Waals surface area contributed by atoms with Crippen molar-refractivity contribution in [1.29, 1.82) is 0 Å². The second-order valence-corrected chi connectivity index (χ2v) is 7.05. The highest BCUT2D eigenvalue weighted by atomic mass is 16.2. The lowest BCUT2D eigenvalue weighted by molar-refractivity contribution is -0.134. The Morgan fingerprint density at radius 1 is 1.03 bits per heavy atom. The van der Waals surface area contributed by atoms with Crippen molar-refractivity contribution in [2.45, 2.75) is 25.3 Å². The topological polar surface area (TPSA) is 108 Å². The number of hydrogen-bond acceptors (Lipinski definition) is 4. The first-order chi connectivity index (χ1) is 14.4. The molecule has 0 bridgehead atoms. The van der Waals surface area contributed by atoms with Gasteiger partial charge in [0.05, 0.1) is 0 Å². The van der Waals surface area contributed by atoms with Crippen LogP contribution in [0, 0.1) is 0 Å². The SMILES string of the molecule is CCC[C@@]1(c2ccccc2)NC(=O)N(CC(=O)Nc2ccc(C(=O)NC)cc2)C1=O. The van der Waals surface area contributed by atoms with Crippen molar-refractivity contribution in [1.82, 2.24) is 15.5 Å². The molecule has 30 heavy (non-hydrogen) atoms. The molecule has 156 valence electrons. The number of carbonyl (C=O) groups excluding carboxylic acids is 4. The molecule has 1 saturated heterocycles. The largest absolute Gasteiger partial charge is 0.355 e. The van der Waals surface area contributed by atoms with E-state index < -0.39 is 29.9 Å². The van der Waals surface area contributed by atoms with Crippen LogP contribution < -0.4 is 16.0 Å². The van der Waals surface area contributed by atoms with E-state index in [4.69, 9.17) is 0 Å². The fourth-order valence-electron chi connectivity index (χ4n) is 3.57. The van der Waals surface area contributed by atoms with Crippen LogP contribution in [0.4, 0.5) is 10.5 Å². The lowest BCUT2D eigenvalue weighted by Gasteiger charge is -2.26. The van der Waals surface area contributed by atoms with Crippen molar-refractivity contribution >= 4 is 29.4 Å². The van der Waals surface area contributed by atoms with E-state index in [1.54, 1.807) is 36.4 Å². The number of anilines is 1. The molecule has 0 aromatic heterocycles. The maximum Gasteiger partial charge on any atom is 0.325 e. The molecule has 1 heterocycles. The van der Waals surface area contributed by atoms with Gasteiger partial charge in [0, 0.05) is 18.3 Å². The Bertz CT molecular complexity index is 959. The summed E-state index contributed by atoms with van der Waals surface area (Å²) in [5.41, 5.74) is 0.444. The lowest BCUT2D eigenvalue weighted by Crippen LogP contribution is -2.44. The second-order valence-electron chi connectivity index (χ2n) is 7.05. The number of benzene rings is 2. The summed E-state index contributed by atoms with van der Waals surface area (Å²) in [6.45, 7) is 1.53. The number of nitrogens with one attached hydrogen (secondary N) is 3. The molecular formula is C22H24N4O4. The number of nitrogens with zero attached hydrogens (tertiary/aromatic N) is 1. The monoisotopic (exact) mass is 408 g/mol. The fourth-order valence-corrected chi connectivity index (χ4v) is 3.57. The van der Waals surface area contributed by atoms with Gasteiger partial charge < -0.3 is 16.0 Å². The van der Waals surface area contributed by atoms with Gasteiger partial charge >= 0.3 is 6.03 Å². The van der Waals surface area contributed by atoms with E-state index in [0.29, 0.717) is 29.7 Å². The van der Waals surface area contributed by atoms with Crippen LogP contribution in [0.25, 0.3) is 0 Å². The zero-order valence-electron chi connectivity index (χ0n) is 16.9. The van der Waals surface area contributed by atoms with E-state index in [1.807, 2.05) is 25.1 Å². The molecular weight excluding hydrogens is 384 g/mol. The molecule has 0 unspecified atom stereocenters. The number of rotatable bonds is 7. The Morgan fingerprint density at radius 3 is 2.30 bits per heavy atom. The van der Waals surface area contributed by atoms with E-state index in [0.717, 1.165) is 4.90 Å². The minimum Gasteiger partial charge on any atom is -0.355 e. The van der Waals surface area contributed by atoms with Crippen LogP contribution >= 0.6 is 0 Å². The molecule has 1 fully saturated rings. The third kappa shape index (κ3) is 4.03. The highest BCUT2D eigenvalue weighted by Crippen LogP contribution is 2.33. The summed E-state index contributed by atoms with van der Waals surface area (Å²) in [6, 6.07) is 14.8. The summed E-state index contributed by atoms with van der Waals surface area (Å²) in [6.07, 6.45) is 1.11. The van der Waals surface area contributed by atoms with E-state index in [9.17, 15) is 19.2 Å². The molecule has 2 aromatic rings. The Hall–Kier alpha value is -3.68. The number of carbonyl (C=O) groups is 4. The van der Waals surface area contributed by atoms with Gasteiger partial charge in [0.1, 0.15) is 12.1 Å². The minimum absolute atomic E-state index is 0.236. The predicted octanol–water partition coefficient (Wildman–Crippen LogP) is 2.23. The van der Waals surface area contributed by atoms with Crippen LogP contribution in [0.5, 0.6) is 0 Å². The first-order valence-corrected chi connectivity index (χ1v) is 9.73. The molecule has 8 heteroatoms. The van der Waals surface area contributed by atoms with Gasteiger partial charge in [-0.3, -0.25) is 19.3 Å². The highest BCUT2D eigenvalue weighted by Gasteiger charge is 2.52. The molecule has 3 rings (SSSR count). The highest BCUT2D eigenvalue weighted by molar-refractivity contribution is 6.10. The lowest BCUT2D eigenvalue weighted by atomic mass is 9.85. The van der Waals surface area contributed by atoms with Crippen LogP contribution in [0.3, 0.4) is 0 Å². The van der Waals surface area contributed by atoms with Gasteiger partial charge in [-0.15, -0.1) is 0 Å². The van der Waals surface area contributed by atoms with Gasteiger partial charge in [-0.1, -0.05) is 43.7 Å². The Balaban J connectivity index is 1.73. The van der Waals surface area contributed by atoms with E-state index >= 15 is 0 Å². The molecule has 1 aliphatic rings. The summed E-state index contributed by atoms with van der Waals surface area (Å²) < 4.78 is 0. The minimum atomic E-state index is -1.16. The summed E-state index contributed by atoms with van der Waals surface area (Å²) >= 11 is 0. The maximum absolute atomic E-state index is 13.2.